The molecule has 0 saturated heterocycles. The molecule has 0 fully saturated rings. The molecule has 0 spiro atoms. The fourth-order valence-corrected chi connectivity index (χ4v) is 0.982. The van der Waals surface area contributed by atoms with Crippen molar-refractivity contribution in [1.82, 2.24) is 0 Å². The third-order valence-electron chi connectivity index (χ3n) is 1.63. The summed E-state index contributed by atoms with van der Waals surface area (Å²) in [6, 6.07) is 0. The largest absolute Gasteiger partial charge is 0.471 e. The second kappa shape index (κ2) is 6.54. The summed E-state index contributed by atoms with van der Waals surface area (Å²) < 4.78 is 3.35. The molecule has 0 amide bonds. The van der Waals surface area contributed by atoms with Gasteiger partial charge in [0.2, 0.25) is 5.90 Å². The van der Waals surface area contributed by atoms with Crippen LogP contribution < -0.4 is 0 Å². The molecule has 2 nitrogen and oxygen atoms in total. The SMILES string of the molecule is C=CC(CCCC)OC(=N)C(Cl)(Cl)Cl. The summed E-state index contributed by atoms with van der Waals surface area (Å²) in [5.41, 5.74) is 0. The highest BCUT2D eigenvalue weighted by Crippen LogP contribution is 2.28. The Kier molecular flexibility index (Phi) is 6.58. The summed E-state index contributed by atoms with van der Waals surface area (Å²) >= 11 is 16.4. The zero-order chi connectivity index (χ0) is 11.2. The van der Waals surface area contributed by atoms with Gasteiger partial charge in [0.15, 0.2) is 0 Å². The van der Waals surface area contributed by atoms with Crippen LogP contribution in [0.25, 0.3) is 0 Å². The fourth-order valence-electron chi connectivity index (χ4n) is 0.848. The van der Waals surface area contributed by atoms with Gasteiger partial charge < -0.3 is 4.74 Å². The van der Waals surface area contributed by atoms with Crippen molar-refractivity contribution < 1.29 is 4.74 Å². The number of halogens is 3. The topological polar surface area (TPSA) is 33.1 Å². The normalized spacial score (nSPS) is 13.4. The van der Waals surface area contributed by atoms with Gasteiger partial charge in [-0.2, -0.15) is 0 Å². The molecule has 0 bridgehead atoms. The molecule has 0 aliphatic heterocycles. The van der Waals surface area contributed by atoms with Crippen LogP contribution in [0.5, 0.6) is 0 Å². The summed E-state index contributed by atoms with van der Waals surface area (Å²) in [4.78, 5) is 0. The molecule has 0 heterocycles. The van der Waals surface area contributed by atoms with Gasteiger partial charge >= 0.3 is 0 Å². The summed E-state index contributed by atoms with van der Waals surface area (Å²) in [6.07, 6.45) is 4.18. The number of ether oxygens (including phenoxy) is 1. The summed E-state index contributed by atoms with van der Waals surface area (Å²) in [5, 5.41) is 7.34. The first kappa shape index (κ1) is 14.1. The molecule has 1 atom stereocenters. The summed E-state index contributed by atoms with van der Waals surface area (Å²) in [5.74, 6) is -0.358. The highest BCUT2D eigenvalue weighted by Gasteiger charge is 2.29. The molecule has 0 radical (unpaired) electrons. The minimum absolute atomic E-state index is 0.252. The van der Waals surface area contributed by atoms with Crippen LogP contribution in [0.3, 0.4) is 0 Å². The van der Waals surface area contributed by atoms with Crippen molar-refractivity contribution in [2.45, 2.75) is 36.1 Å². The van der Waals surface area contributed by atoms with Gasteiger partial charge in [0.1, 0.15) is 6.10 Å². The van der Waals surface area contributed by atoms with E-state index in [1.807, 2.05) is 0 Å². The van der Waals surface area contributed by atoms with E-state index in [4.69, 9.17) is 44.9 Å². The number of hydrogen-bond acceptors (Lipinski definition) is 2. The molecule has 0 aliphatic rings. The van der Waals surface area contributed by atoms with E-state index in [-0.39, 0.29) is 12.0 Å². The first-order valence-corrected chi connectivity index (χ1v) is 5.50. The van der Waals surface area contributed by atoms with Crippen molar-refractivity contribution in [2.75, 3.05) is 0 Å². The van der Waals surface area contributed by atoms with Crippen LogP contribution in [0.1, 0.15) is 26.2 Å². The number of hydrogen-bond donors (Lipinski definition) is 1. The number of rotatable bonds is 5. The van der Waals surface area contributed by atoms with Crippen LogP contribution in [-0.4, -0.2) is 15.8 Å². The van der Waals surface area contributed by atoms with Gasteiger partial charge in [-0.15, -0.1) is 0 Å². The average molecular weight is 259 g/mol. The van der Waals surface area contributed by atoms with Crippen LogP contribution in [0.4, 0.5) is 0 Å². The first-order chi connectivity index (χ1) is 6.41. The quantitative estimate of drug-likeness (QED) is 0.342. The second-order valence-electron chi connectivity index (χ2n) is 2.86. The Hall–Kier alpha value is 0.0800. The van der Waals surface area contributed by atoms with Crippen molar-refractivity contribution >= 4 is 40.7 Å². The molecule has 0 rings (SSSR count). The van der Waals surface area contributed by atoms with E-state index in [9.17, 15) is 0 Å². The van der Waals surface area contributed by atoms with Crippen molar-refractivity contribution in [2.24, 2.45) is 0 Å². The van der Waals surface area contributed by atoms with Crippen LogP contribution in [-0.2, 0) is 4.74 Å². The molecule has 1 unspecified atom stereocenters. The molecule has 82 valence electrons. The van der Waals surface area contributed by atoms with Gasteiger partial charge in [-0.1, -0.05) is 60.8 Å². The zero-order valence-corrected chi connectivity index (χ0v) is 10.3. The Morgan fingerprint density at radius 1 is 1.57 bits per heavy atom. The smallest absolute Gasteiger partial charge is 0.265 e. The highest BCUT2D eigenvalue weighted by atomic mass is 35.6. The Morgan fingerprint density at radius 3 is 2.50 bits per heavy atom. The van der Waals surface area contributed by atoms with Gasteiger partial charge in [-0.25, -0.2) is 0 Å². The van der Waals surface area contributed by atoms with Gasteiger partial charge in [0.05, 0.1) is 0 Å². The van der Waals surface area contributed by atoms with Crippen LogP contribution in [0.15, 0.2) is 12.7 Å². The molecule has 0 aromatic carbocycles. The van der Waals surface area contributed by atoms with Gasteiger partial charge in [-0.05, 0) is 12.8 Å². The number of alkyl halides is 3. The van der Waals surface area contributed by atoms with E-state index < -0.39 is 3.79 Å². The minimum atomic E-state index is -1.78. The van der Waals surface area contributed by atoms with E-state index in [1.165, 1.54) is 0 Å². The van der Waals surface area contributed by atoms with E-state index in [1.54, 1.807) is 6.08 Å². The average Bonchev–Trinajstić information content (AvgIpc) is 2.10. The summed E-state index contributed by atoms with van der Waals surface area (Å²) in [7, 11) is 0. The molecule has 14 heavy (non-hydrogen) atoms. The van der Waals surface area contributed by atoms with Crippen molar-refractivity contribution in [3.63, 3.8) is 0 Å². The Balaban J connectivity index is 4.05. The lowest BCUT2D eigenvalue weighted by atomic mass is 10.1. The van der Waals surface area contributed by atoms with E-state index in [0.29, 0.717) is 0 Å². The monoisotopic (exact) mass is 257 g/mol. The number of nitrogens with one attached hydrogen (secondary N) is 1. The minimum Gasteiger partial charge on any atom is -0.471 e. The summed E-state index contributed by atoms with van der Waals surface area (Å²) in [6.45, 7) is 5.67. The molecular formula is C9H14Cl3NO. The maximum absolute atomic E-state index is 7.34. The van der Waals surface area contributed by atoms with Crippen LogP contribution in [0.2, 0.25) is 0 Å². The lowest BCUT2D eigenvalue weighted by Gasteiger charge is -2.19. The molecule has 0 aromatic heterocycles. The molecule has 0 aromatic rings. The van der Waals surface area contributed by atoms with E-state index in [2.05, 4.69) is 13.5 Å². The molecule has 0 aliphatic carbocycles. The zero-order valence-electron chi connectivity index (χ0n) is 8.03. The molecule has 0 saturated carbocycles. The number of unbranched alkanes of at least 4 members (excludes halogenated alkanes) is 1. The molecular weight excluding hydrogens is 244 g/mol. The van der Waals surface area contributed by atoms with E-state index in [0.717, 1.165) is 19.3 Å². The Morgan fingerprint density at radius 2 is 2.14 bits per heavy atom. The van der Waals surface area contributed by atoms with Crippen LogP contribution in [0, 0.1) is 5.41 Å². The fraction of sp³-hybridized carbons (Fsp3) is 0.667. The lowest BCUT2D eigenvalue weighted by molar-refractivity contribution is 0.215. The van der Waals surface area contributed by atoms with Crippen molar-refractivity contribution in [3.8, 4) is 0 Å². The maximum Gasteiger partial charge on any atom is 0.265 e. The third kappa shape index (κ3) is 5.74. The predicted molar refractivity (Wildman–Crippen MR) is 62.6 cm³/mol. The van der Waals surface area contributed by atoms with Crippen molar-refractivity contribution in [1.29, 1.82) is 5.41 Å². The second-order valence-corrected chi connectivity index (χ2v) is 5.14. The standard InChI is InChI=1S/C9H14Cl3NO/c1-3-5-6-7(4-2)14-8(13)9(10,11)12/h4,7,13H,2-3,5-6H2,1H3. The van der Waals surface area contributed by atoms with E-state index >= 15 is 0 Å². The highest BCUT2D eigenvalue weighted by molar-refractivity contribution is 6.76. The maximum atomic E-state index is 7.34. The first-order valence-electron chi connectivity index (χ1n) is 4.36. The van der Waals surface area contributed by atoms with Gasteiger partial charge in [0.25, 0.3) is 3.79 Å². The van der Waals surface area contributed by atoms with Gasteiger partial charge in [0, 0.05) is 0 Å². The van der Waals surface area contributed by atoms with Crippen molar-refractivity contribution in [3.05, 3.63) is 12.7 Å². The Bertz CT molecular complexity index is 201. The Labute approximate surface area is 99.7 Å². The third-order valence-corrected chi connectivity index (χ3v) is 2.15. The molecule has 1 N–H and O–H groups in total. The molecule has 5 heteroatoms. The predicted octanol–water partition coefficient (Wildman–Crippen LogP) is 4.10. The van der Waals surface area contributed by atoms with Crippen LogP contribution >= 0.6 is 34.8 Å². The lowest BCUT2D eigenvalue weighted by Crippen LogP contribution is -2.26. The van der Waals surface area contributed by atoms with Gasteiger partial charge in [-0.3, -0.25) is 5.41 Å².